The summed E-state index contributed by atoms with van der Waals surface area (Å²) in [7, 11) is -3.68. The van der Waals surface area contributed by atoms with Crippen molar-refractivity contribution >= 4 is 21.7 Å². The standard InChI is InChI=1S/C18H24N4O2S/c1-13-8-9-14(2)16(12-13)25(23,24)22-18-11-10-17(20-21-18)19-15-6-4-3-5-7-15/h8-12,15H,3-7H2,1-2H3,(H,19,20)(H,21,22). The molecular weight excluding hydrogens is 336 g/mol. The van der Waals surface area contributed by atoms with Gasteiger partial charge >= 0.3 is 0 Å². The highest BCUT2D eigenvalue weighted by Gasteiger charge is 2.18. The van der Waals surface area contributed by atoms with Gasteiger partial charge in [0.15, 0.2) is 5.82 Å². The molecule has 0 bridgehead atoms. The largest absolute Gasteiger partial charge is 0.366 e. The van der Waals surface area contributed by atoms with Crippen molar-refractivity contribution in [1.82, 2.24) is 10.2 Å². The van der Waals surface area contributed by atoms with Crippen molar-refractivity contribution in [2.45, 2.75) is 56.9 Å². The van der Waals surface area contributed by atoms with E-state index in [1.807, 2.05) is 13.0 Å². The van der Waals surface area contributed by atoms with Crippen molar-refractivity contribution in [3.8, 4) is 0 Å². The minimum atomic E-state index is -3.68. The van der Waals surface area contributed by atoms with Gasteiger partial charge in [-0.2, -0.15) is 0 Å². The number of nitrogens with zero attached hydrogens (tertiary/aromatic N) is 2. The molecule has 3 rings (SSSR count). The maximum atomic E-state index is 12.6. The van der Waals surface area contributed by atoms with E-state index >= 15 is 0 Å². The molecule has 1 aliphatic carbocycles. The molecule has 0 unspecified atom stereocenters. The Morgan fingerprint density at radius 2 is 1.64 bits per heavy atom. The molecule has 6 nitrogen and oxygen atoms in total. The van der Waals surface area contributed by atoms with Gasteiger partial charge in [-0.3, -0.25) is 4.72 Å². The summed E-state index contributed by atoms with van der Waals surface area (Å²) in [5.41, 5.74) is 1.59. The van der Waals surface area contributed by atoms with E-state index in [0.717, 1.165) is 18.4 Å². The van der Waals surface area contributed by atoms with Crippen molar-refractivity contribution in [2.75, 3.05) is 10.0 Å². The van der Waals surface area contributed by atoms with Gasteiger partial charge in [-0.05, 0) is 56.0 Å². The number of anilines is 2. The number of aromatic nitrogens is 2. The van der Waals surface area contributed by atoms with Crippen molar-refractivity contribution in [3.05, 3.63) is 41.5 Å². The minimum Gasteiger partial charge on any atom is -0.366 e. The first-order chi connectivity index (χ1) is 11.9. The van der Waals surface area contributed by atoms with E-state index in [0.29, 0.717) is 17.4 Å². The Bertz CT molecular complexity index is 829. The van der Waals surface area contributed by atoms with Crippen molar-refractivity contribution in [1.29, 1.82) is 0 Å². The summed E-state index contributed by atoms with van der Waals surface area (Å²) in [4.78, 5) is 0.263. The summed E-state index contributed by atoms with van der Waals surface area (Å²) in [6.07, 6.45) is 6.05. The third-order valence-electron chi connectivity index (χ3n) is 4.49. The van der Waals surface area contributed by atoms with E-state index in [1.165, 1.54) is 19.3 Å². The molecule has 0 saturated heterocycles. The van der Waals surface area contributed by atoms with Crippen molar-refractivity contribution in [3.63, 3.8) is 0 Å². The van der Waals surface area contributed by atoms with Crippen LogP contribution >= 0.6 is 0 Å². The quantitative estimate of drug-likeness (QED) is 0.850. The molecule has 0 aliphatic heterocycles. The molecule has 1 aromatic heterocycles. The Balaban J connectivity index is 1.71. The molecule has 1 heterocycles. The van der Waals surface area contributed by atoms with Gasteiger partial charge in [0.2, 0.25) is 0 Å². The number of benzene rings is 1. The van der Waals surface area contributed by atoms with E-state index in [2.05, 4.69) is 20.2 Å². The van der Waals surface area contributed by atoms with Gasteiger partial charge in [-0.15, -0.1) is 10.2 Å². The fraction of sp³-hybridized carbons (Fsp3) is 0.444. The zero-order valence-corrected chi connectivity index (χ0v) is 15.4. The third kappa shape index (κ3) is 4.48. The molecule has 2 N–H and O–H groups in total. The van der Waals surface area contributed by atoms with Crippen LogP contribution in [0.5, 0.6) is 0 Å². The first-order valence-corrected chi connectivity index (χ1v) is 10.1. The van der Waals surface area contributed by atoms with Gasteiger partial charge in [0, 0.05) is 6.04 Å². The second kappa shape index (κ2) is 7.39. The molecular formula is C18H24N4O2S. The molecule has 7 heteroatoms. The van der Waals surface area contributed by atoms with E-state index in [-0.39, 0.29) is 10.7 Å². The molecule has 1 fully saturated rings. The van der Waals surface area contributed by atoms with Crippen LogP contribution in [0.4, 0.5) is 11.6 Å². The molecule has 0 spiro atoms. The maximum absolute atomic E-state index is 12.6. The smallest absolute Gasteiger partial charge is 0.263 e. The predicted molar refractivity (Wildman–Crippen MR) is 99.3 cm³/mol. The third-order valence-corrected chi connectivity index (χ3v) is 5.99. The van der Waals surface area contributed by atoms with Crippen LogP contribution < -0.4 is 10.0 Å². The predicted octanol–water partition coefficient (Wildman–Crippen LogP) is 3.64. The molecule has 0 amide bonds. The minimum absolute atomic E-state index is 0.218. The van der Waals surface area contributed by atoms with Crippen LogP contribution in [0.2, 0.25) is 0 Å². The summed E-state index contributed by atoms with van der Waals surface area (Å²) < 4.78 is 27.7. The zero-order chi connectivity index (χ0) is 17.9. The van der Waals surface area contributed by atoms with Crippen LogP contribution in [0.3, 0.4) is 0 Å². The number of nitrogens with one attached hydrogen (secondary N) is 2. The van der Waals surface area contributed by atoms with Crippen LogP contribution in [0.1, 0.15) is 43.2 Å². The summed E-state index contributed by atoms with van der Waals surface area (Å²) in [6.45, 7) is 3.64. The SMILES string of the molecule is Cc1ccc(C)c(S(=O)(=O)Nc2ccc(NC3CCCCC3)nn2)c1. The summed E-state index contributed by atoms with van der Waals surface area (Å²) in [6, 6.07) is 9.18. The monoisotopic (exact) mass is 360 g/mol. The number of aryl methyl sites for hydroxylation is 2. The van der Waals surface area contributed by atoms with Crippen molar-refractivity contribution < 1.29 is 8.42 Å². The average Bonchev–Trinajstić information content (AvgIpc) is 2.59. The number of sulfonamides is 1. The lowest BCUT2D eigenvalue weighted by atomic mass is 9.95. The number of hydrogen-bond acceptors (Lipinski definition) is 5. The van der Waals surface area contributed by atoms with E-state index in [1.54, 1.807) is 31.2 Å². The first kappa shape index (κ1) is 17.7. The van der Waals surface area contributed by atoms with Gasteiger partial charge in [-0.25, -0.2) is 8.42 Å². The molecule has 25 heavy (non-hydrogen) atoms. The lowest BCUT2D eigenvalue weighted by Gasteiger charge is -2.22. The molecule has 2 aromatic rings. The van der Waals surface area contributed by atoms with Gasteiger partial charge in [0.05, 0.1) is 4.90 Å². The van der Waals surface area contributed by atoms with Gasteiger partial charge < -0.3 is 5.32 Å². The second-order valence-electron chi connectivity index (χ2n) is 6.66. The highest BCUT2D eigenvalue weighted by Crippen LogP contribution is 2.22. The maximum Gasteiger partial charge on any atom is 0.263 e. The van der Waals surface area contributed by atoms with Crippen LogP contribution in [-0.4, -0.2) is 24.7 Å². The zero-order valence-electron chi connectivity index (χ0n) is 14.6. The Morgan fingerprint density at radius 3 is 2.32 bits per heavy atom. The van der Waals surface area contributed by atoms with Gasteiger partial charge in [-0.1, -0.05) is 31.4 Å². The highest BCUT2D eigenvalue weighted by molar-refractivity contribution is 7.92. The lowest BCUT2D eigenvalue weighted by Crippen LogP contribution is -2.23. The van der Waals surface area contributed by atoms with E-state index in [9.17, 15) is 8.42 Å². The Morgan fingerprint density at radius 1 is 0.960 bits per heavy atom. The normalized spacial score (nSPS) is 15.8. The lowest BCUT2D eigenvalue weighted by molar-refractivity contribution is 0.461. The Hall–Kier alpha value is -2.15. The first-order valence-electron chi connectivity index (χ1n) is 8.64. The van der Waals surface area contributed by atoms with Crippen LogP contribution in [0.15, 0.2) is 35.2 Å². The second-order valence-corrected chi connectivity index (χ2v) is 8.31. The molecule has 0 radical (unpaired) electrons. The van der Waals surface area contributed by atoms with Gasteiger partial charge in [0.1, 0.15) is 5.82 Å². The molecule has 1 aliphatic rings. The Kier molecular flexibility index (Phi) is 5.22. The summed E-state index contributed by atoms with van der Waals surface area (Å²) in [5.74, 6) is 0.900. The average molecular weight is 360 g/mol. The molecule has 0 atom stereocenters. The fourth-order valence-corrected chi connectivity index (χ4v) is 4.44. The molecule has 1 aromatic carbocycles. The molecule has 134 valence electrons. The summed E-state index contributed by atoms with van der Waals surface area (Å²) >= 11 is 0. The molecule has 1 saturated carbocycles. The fourth-order valence-electron chi connectivity index (χ4n) is 3.11. The van der Waals surface area contributed by atoms with Crippen LogP contribution in [0, 0.1) is 13.8 Å². The number of hydrogen-bond donors (Lipinski definition) is 2. The van der Waals surface area contributed by atoms with E-state index in [4.69, 9.17) is 0 Å². The van der Waals surface area contributed by atoms with Crippen LogP contribution in [0.25, 0.3) is 0 Å². The van der Waals surface area contributed by atoms with Crippen LogP contribution in [-0.2, 0) is 10.0 Å². The Labute approximate surface area is 149 Å². The van der Waals surface area contributed by atoms with Crippen molar-refractivity contribution in [2.24, 2.45) is 0 Å². The van der Waals surface area contributed by atoms with Gasteiger partial charge in [0.25, 0.3) is 10.0 Å². The topological polar surface area (TPSA) is 84.0 Å². The highest BCUT2D eigenvalue weighted by atomic mass is 32.2. The summed E-state index contributed by atoms with van der Waals surface area (Å²) in [5, 5.41) is 11.5. The van der Waals surface area contributed by atoms with E-state index < -0.39 is 10.0 Å². The number of rotatable bonds is 5.